The van der Waals surface area contributed by atoms with Gasteiger partial charge in [-0.3, -0.25) is 14.7 Å². The Kier molecular flexibility index (Phi) is 4.46. The number of hydrogen-bond acceptors (Lipinski definition) is 5. The lowest BCUT2D eigenvalue weighted by molar-refractivity contribution is 0.0628. The Morgan fingerprint density at radius 2 is 2.04 bits per heavy atom. The molecule has 0 atom stereocenters. The molecule has 0 radical (unpaired) electrons. The molecular weight excluding hydrogens is 342 g/mol. The van der Waals surface area contributed by atoms with E-state index in [9.17, 15) is 4.79 Å². The first kappa shape index (κ1) is 16.2. The molecule has 3 heterocycles. The maximum Gasteiger partial charge on any atom is 0.254 e. The number of fused-ring (bicyclic) bond motifs is 1. The molecule has 0 saturated carbocycles. The standard InChI is InChI=1S/C18H18ClN3O3/c19-15-8-14(9-16-17(15)25-12-24-16)18(23)22-6-4-21(5-7-22)11-13-2-1-3-20-10-13/h1-3,8-10H,4-7,11-12H2. The smallest absolute Gasteiger partial charge is 0.254 e. The summed E-state index contributed by atoms with van der Waals surface area (Å²) in [6.45, 7) is 4.03. The molecule has 1 fully saturated rings. The van der Waals surface area contributed by atoms with Gasteiger partial charge in [-0.15, -0.1) is 0 Å². The number of carbonyl (C=O) groups excluding carboxylic acids is 1. The number of benzene rings is 1. The maximum atomic E-state index is 12.8. The van der Waals surface area contributed by atoms with Crippen LogP contribution in [0.25, 0.3) is 0 Å². The van der Waals surface area contributed by atoms with E-state index in [2.05, 4.69) is 16.0 Å². The summed E-state index contributed by atoms with van der Waals surface area (Å²) in [5.74, 6) is 1.02. The normalized spacial score (nSPS) is 16.9. The number of aromatic nitrogens is 1. The van der Waals surface area contributed by atoms with Crippen molar-refractivity contribution in [2.45, 2.75) is 6.54 Å². The predicted molar refractivity (Wildman–Crippen MR) is 93.0 cm³/mol. The summed E-state index contributed by atoms with van der Waals surface area (Å²) < 4.78 is 10.6. The van der Waals surface area contributed by atoms with Gasteiger partial charge >= 0.3 is 0 Å². The van der Waals surface area contributed by atoms with Crippen LogP contribution >= 0.6 is 11.6 Å². The highest BCUT2D eigenvalue weighted by atomic mass is 35.5. The van der Waals surface area contributed by atoms with Gasteiger partial charge in [-0.1, -0.05) is 17.7 Å². The second-order valence-corrected chi connectivity index (χ2v) is 6.53. The third-order valence-electron chi connectivity index (χ3n) is 4.46. The fourth-order valence-corrected chi connectivity index (χ4v) is 3.40. The molecule has 1 aromatic heterocycles. The molecule has 0 N–H and O–H groups in total. The lowest BCUT2D eigenvalue weighted by atomic mass is 10.1. The first-order valence-corrected chi connectivity index (χ1v) is 8.58. The van der Waals surface area contributed by atoms with Crippen molar-refractivity contribution >= 4 is 17.5 Å². The van der Waals surface area contributed by atoms with Crippen molar-refractivity contribution in [3.05, 3.63) is 52.8 Å². The first-order valence-electron chi connectivity index (χ1n) is 8.20. The van der Waals surface area contributed by atoms with Crippen molar-refractivity contribution in [3.63, 3.8) is 0 Å². The van der Waals surface area contributed by atoms with Gasteiger partial charge in [-0.2, -0.15) is 0 Å². The number of nitrogens with zero attached hydrogens (tertiary/aromatic N) is 3. The summed E-state index contributed by atoms with van der Waals surface area (Å²) in [4.78, 5) is 21.1. The third kappa shape index (κ3) is 3.41. The van der Waals surface area contributed by atoms with E-state index >= 15 is 0 Å². The lowest BCUT2D eigenvalue weighted by Crippen LogP contribution is -2.48. The van der Waals surface area contributed by atoms with Gasteiger partial charge in [0.1, 0.15) is 0 Å². The van der Waals surface area contributed by atoms with Crippen LogP contribution in [0.3, 0.4) is 0 Å². The van der Waals surface area contributed by atoms with Crippen molar-refractivity contribution in [1.82, 2.24) is 14.8 Å². The van der Waals surface area contributed by atoms with Crippen LogP contribution < -0.4 is 9.47 Å². The summed E-state index contributed by atoms with van der Waals surface area (Å²) in [7, 11) is 0. The lowest BCUT2D eigenvalue weighted by Gasteiger charge is -2.34. The highest BCUT2D eigenvalue weighted by Gasteiger charge is 2.25. The Balaban J connectivity index is 1.39. The molecule has 1 saturated heterocycles. The molecule has 0 unspecified atom stereocenters. The molecule has 0 bridgehead atoms. The molecular formula is C18H18ClN3O3. The fourth-order valence-electron chi connectivity index (χ4n) is 3.13. The van der Waals surface area contributed by atoms with Crippen LogP contribution in [0.15, 0.2) is 36.7 Å². The minimum absolute atomic E-state index is 0.0266. The van der Waals surface area contributed by atoms with Gasteiger partial charge in [0.15, 0.2) is 11.5 Å². The molecule has 1 amide bonds. The van der Waals surface area contributed by atoms with Crippen LogP contribution in [0, 0.1) is 0 Å². The molecule has 1 aromatic carbocycles. The number of hydrogen-bond donors (Lipinski definition) is 0. The number of carbonyl (C=O) groups is 1. The SMILES string of the molecule is O=C(c1cc(Cl)c2c(c1)OCO2)N1CCN(Cc2cccnc2)CC1. The highest BCUT2D eigenvalue weighted by molar-refractivity contribution is 6.32. The van der Waals surface area contributed by atoms with Gasteiger partial charge in [0.25, 0.3) is 5.91 Å². The quantitative estimate of drug-likeness (QED) is 0.842. The van der Waals surface area contributed by atoms with Crippen molar-refractivity contribution in [3.8, 4) is 11.5 Å². The number of halogens is 1. The van der Waals surface area contributed by atoms with Crippen LogP contribution in [-0.4, -0.2) is 53.7 Å². The Morgan fingerprint density at radius 3 is 2.80 bits per heavy atom. The second kappa shape index (κ2) is 6.90. The molecule has 7 heteroatoms. The molecule has 2 aliphatic rings. The number of amides is 1. The zero-order valence-corrected chi connectivity index (χ0v) is 14.4. The van der Waals surface area contributed by atoms with Crippen molar-refractivity contribution in [1.29, 1.82) is 0 Å². The summed E-state index contributed by atoms with van der Waals surface area (Å²) in [5.41, 5.74) is 1.72. The van der Waals surface area contributed by atoms with E-state index in [1.165, 1.54) is 5.56 Å². The van der Waals surface area contributed by atoms with Gasteiger partial charge in [-0.05, 0) is 23.8 Å². The molecule has 6 nitrogen and oxygen atoms in total. The van der Waals surface area contributed by atoms with E-state index in [4.69, 9.17) is 21.1 Å². The Hall–Kier alpha value is -2.31. The highest BCUT2D eigenvalue weighted by Crippen LogP contribution is 2.40. The van der Waals surface area contributed by atoms with E-state index in [0.29, 0.717) is 35.2 Å². The van der Waals surface area contributed by atoms with Crippen LogP contribution in [-0.2, 0) is 6.54 Å². The minimum atomic E-state index is -0.0266. The van der Waals surface area contributed by atoms with E-state index in [1.807, 2.05) is 17.2 Å². The number of pyridine rings is 1. The van der Waals surface area contributed by atoms with E-state index in [0.717, 1.165) is 19.6 Å². The minimum Gasteiger partial charge on any atom is -0.454 e. The topological polar surface area (TPSA) is 54.9 Å². The van der Waals surface area contributed by atoms with Crippen LogP contribution in [0.5, 0.6) is 11.5 Å². The van der Waals surface area contributed by atoms with Gasteiger partial charge in [0.05, 0.1) is 5.02 Å². The van der Waals surface area contributed by atoms with Gasteiger partial charge in [0, 0.05) is 50.7 Å². The molecule has 2 aliphatic heterocycles. The molecule has 0 spiro atoms. The average Bonchev–Trinajstić information content (AvgIpc) is 3.12. The summed E-state index contributed by atoms with van der Waals surface area (Å²) in [6.07, 6.45) is 3.66. The Bertz CT molecular complexity index is 777. The summed E-state index contributed by atoms with van der Waals surface area (Å²) in [6, 6.07) is 7.37. The fraction of sp³-hybridized carbons (Fsp3) is 0.333. The monoisotopic (exact) mass is 359 g/mol. The number of rotatable bonds is 3. The number of piperazine rings is 1. The summed E-state index contributed by atoms with van der Waals surface area (Å²) in [5, 5.41) is 0.411. The summed E-state index contributed by atoms with van der Waals surface area (Å²) >= 11 is 6.18. The van der Waals surface area contributed by atoms with E-state index in [-0.39, 0.29) is 12.7 Å². The van der Waals surface area contributed by atoms with Gasteiger partial charge in [-0.25, -0.2) is 0 Å². The van der Waals surface area contributed by atoms with Crippen molar-refractivity contribution in [2.75, 3.05) is 33.0 Å². The Labute approximate surface area is 150 Å². The third-order valence-corrected chi connectivity index (χ3v) is 4.74. The van der Waals surface area contributed by atoms with E-state index < -0.39 is 0 Å². The molecule has 25 heavy (non-hydrogen) atoms. The zero-order chi connectivity index (χ0) is 17.2. The van der Waals surface area contributed by atoms with Gasteiger partial charge < -0.3 is 14.4 Å². The van der Waals surface area contributed by atoms with Gasteiger partial charge in [0.2, 0.25) is 6.79 Å². The van der Waals surface area contributed by atoms with Crippen LogP contribution in [0.1, 0.15) is 15.9 Å². The van der Waals surface area contributed by atoms with Crippen LogP contribution in [0.4, 0.5) is 0 Å². The first-order chi connectivity index (χ1) is 12.2. The molecule has 4 rings (SSSR count). The second-order valence-electron chi connectivity index (χ2n) is 6.12. The Morgan fingerprint density at radius 1 is 1.20 bits per heavy atom. The zero-order valence-electron chi connectivity index (χ0n) is 13.7. The van der Waals surface area contributed by atoms with Crippen LogP contribution in [0.2, 0.25) is 5.02 Å². The molecule has 0 aliphatic carbocycles. The molecule has 130 valence electrons. The van der Waals surface area contributed by atoms with Crippen molar-refractivity contribution < 1.29 is 14.3 Å². The number of ether oxygens (including phenoxy) is 2. The van der Waals surface area contributed by atoms with E-state index in [1.54, 1.807) is 18.3 Å². The predicted octanol–water partition coefficient (Wildman–Crippen LogP) is 2.42. The largest absolute Gasteiger partial charge is 0.454 e. The average molecular weight is 360 g/mol. The molecule has 2 aromatic rings. The maximum absolute atomic E-state index is 12.8. The van der Waals surface area contributed by atoms with Crippen molar-refractivity contribution in [2.24, 2.45) is 0 Å².